The first-order valence-corrected chi connectivity index (χ1v) is 19.9. The molecule has 3 unspecified atom stereocenters. The minimum absolute atomic E-state index is 0.116. The van der Waals surface area contributed by atoms with Crippen LogP contribution in [0, 0.1) is 13.8 Å². The molecule has 23 heteroatoms. The highest BCUT2D eigenvalue weighted by molar-refractivity contribution is 7.48. The van der Waals surface area contributed by atoms with Crippen molar-refractivity contribution in [2.45, 2.75) is 64.2 Å². The molecule has 12 nitrogen and oxygen atoms in total. The normalized spacial score (nSPS) is 13.5. The zero-order valence-electron chi connectivity index (χ0n) is 33.9. The largest absolute Gasteiger partial charge is 0.530 e. The van der Waals surface area contributed by atoms with Gasteiger partial charge in [0.25, 0.3) is 0 Å². The Morgan fingerprint density at radius 2 is 0.968 bits per heavy atom. The van der Waals surface area contributed by atoms with Crippen LogP contribution in [0.25, 0.3) is 11.1 Å². The lowest BCUT2D eigenvalue weighted by Gasteiger charge is -2.19. The van der Waals surface area contributed by atoms with Crippen LogP contribution in [0.3, 0.4) is 0 Å². The number of hydrogen-bond acceptors (Lipinski definition) is 12. The summed E-state index contributed by atoms with van der Waals surface area (Å²) < 4.78 is 143. The standard InChI is InChI=1S/C18H18F3NO2.C15H18F6NO6P.C7H9BO2/c1-12-2-6-14(7-3-12)15-8-4-13(5-9-15)10-16(22)17(23)24-11-18(19,20)21;1-2-26-29(24,27-9-15(19,20)21)28-11-5-3-10(4-6-11)7-12(22)13(23)25-8-14(16,17)18;1-6-2-4-7(5-3-6)8(9)10/h2-9,16H,10-11,22H2,1H3;3-6,12H,2,7-9,22H2,1H3;2-5,9-10H,1H3. The van der Waals surface area contributed by atoms with Crippen LogP contribution >= 0.6 is 7.82 Å². The SMILES string of the molecule is CCOP(=O)(OCC(F)(F)F)Oc1ccc(CC(N)C(=O)OCC(F)(F)F)cc1.Cc1ccc(-c2ccc(CC(N)C(=O)OCC(F)(F)F)cc2)cc1.Cc1ccc(B(O)O)cc1. The summed E-state index contributed by atoms with van der Waals surface area (Å²) in [6.45, 7) is -0.156. The van der Waals surface area contributed by atoms with Gasteiger partial charge in [-0.15, -0.1) is 0 Å². The highest BCUT2D eigenvalue weighted by Crippen LogP contribution is 2.50. The van der Waals surface area contributed by atoms with Gasteiger partial charge in [0.05, 0.1) is 6.61 Å². The predicted octanol–water partition coefficient (Wildman–Crippen LogP) is 7.08. The molecule has 0 amide bonds. The average Bonchev–Trinajstić information content (AvgIpc) is 3.19. The third-order valence-electron chi connectivity index (χ3n) is 7.80. The maximum Gasteiger partial charge on any atom is 0.530 e. The Morgan fingerprint density at radius 3 is 1.33 bits per heavy atom. The number of hydrogen-bond donors (Lipinski definition) is 4. The zero-order chi connectivity index (χ0) is 47.6. The lowest BCUT2D eigenvalue weighted by molar-refractivity contribution is -0.187. The maximum absolute atomic E-state index is 12.3. The van der Waals surface area contributed by atoms with Crippen LogP contribution in [0.4, 0.5) is 39.5 Å². The number of phosphoric ester groups is 1. The molecule has 346 valence electrons. The van der Waals surface area contributed by atoms with Crippen LogP contribution in [0.1, 0.15) is 29.2 Å². The Hall–Kier alpha value is -4.96. The van der Waals surface area contributed by atoms with Gasteiger partial charge < -0.3 is 35.5 Å². The minimum atomic E-state index is -4.75. The van der Waals surface area contributed by atoms with Crippen molar-refractivity contribution in [1.29, 1.82) is 0 Å². The number of ether oxygens (including phenoxy) is 2. The smallest absolute Gasteiger partial charge is 0.455 e. The highest BCUT2D eigenvalue weighted by Gasteiger charge is 2.37. The average molecular weight is 927 g/mol. The van der Waals surface area contributed by atoms with Gasteiger partial charge in [-0.1, -0.05) is 96.1 Å². The molecular formula is C40H45BF9N2O10P. The summed E-state index contributed by atoms with van der Waals surface area (Å²) in [6.07, 6.45) is -14.1. The quantitative estimate of drug-likeness (QED) is 0.0388. The Balaban J connectivity index is 0.000000359. The molecule has 0 aliphatic heterocycles. The lowest BCUT2D eigenvalue weighted by atomic mass is 9.80. The van der Waals surface area contributed by atoms with Crippen LogP contribution in [-0.4, -0.2) is 86.1 Å². The van der Waals surface area contributed by atoms with Gasteiger partial charge in [-0.2, -0.15) is 39.5 Å². The topological polar surface area (TPSA) is 190 Å². The van der Waals surface area contributed by atoms with E-state index in [0.717, 1.165) is 22.3 Å². The fraction of sp³-hybridized carbons (Fsp3) is 0.350. The number of alkyl halides is 9. The Bertz CT molecular complexity index is 2040. The van der Waals surface area contributed by atoms with Gasteiger partial charge in [-0.05, 0) is 73.5 Å². The highest BCUT2D eigenvalue weighted by atomic mass is 31.2. The summed E-state index contributed by atoms with van der Waals surface area (Å²) in [5, 5.41) is 17.3. The number of benzene rings is 4. The van der Waals surface area contributed by atoms with Crippen molar-refractivity contribution in [2.75, 3.05) is 26.4 Å². The van der Waals surface area contributed by atoms with Crippen LogP contribution in [0.15, 0.2) is 97.1 Å². The molecule has 0 aliphatic carbocycles. The molecule has 0 bridgehead atoms. The van der Waals surface area contributed by atoms with E-state index < -0.39 is 77.3 Å². The van der Waals surface area contributed by atoms with E-state index >= 15 is 0 Å². The molecule has 63 heavy (non-hydrogen) atoms. The Labute approximate surface area is 357 Å². The van der Waals surface area contributed by atoms with Crippen molar-refractivity contribution in [2.24, 2.45) is 11.5 Å². The van der Waals surface area contributed by atoms with E-state index in [4.69, 9.17) is 26.0 Å². The van der Waals surface area contributed by atoms with Gasteiger partial charge in [0.1, 0.15) is 17.8 Å². The van der Waals surface area contributed by atoms with Crippen molar-refractivity contribution in [1.82, 2.24) is 0 Å². The predicted molar refractivity (Wildman–Crippen MR) is 213 cm³/mol. The Kier molecular flexibility index (Phi) is 21.3. The second kappa shape index (κ2) is 24.8. The second-order valence-electron chi connectivity index (χ2n) is 13.4. The van der Waals surface area contributed by atoms with Gasteiger partial charge in [-0.25, -0.2) is 4.57 Å². The Morgan fingerprint density at radius 1 is 0.603 bits per heavy atom. The molecule has 4 aromatic carbocycles. The molecule has 0 aliphatic rings. The number of carbonyl (C=O) groups is 2. The van der Waals surface area contributed by atoms with E-state index in [9.17, 15) is 53.7 Å². The zero-order valence-corrected chi connectivity index (χ0v) is 34.8. The van der Waals surface area contributed by atoms with Gasteiger partial charge in [0.15, 0.2) is 19.8 Å². The molecule has 0 heterocycles. The molecule has 0 fully saturated rings. The number of phosphoric acid groups is 1. The molecule has 0 radical (unpaired) electrons. The second-order valence-corrected chi connectivity index (χ2v) is 15.0. The molecule has 0 aromatic heterocycles. The number of esters is 2. The van der Waals surface area contributed by atoms with Crippen molar-refractivity contribution in [3.63, 3.8) is 0 Å². The molecule has 0 saturated carbocycles. The summed E-state index contributed by atoms with van der Waals surface area (Å²) in [5.74, 6) is -2.49. The van der Waals surface area contributed by atoms with Crippen molar-refractivity contribution in [3.8, 4) is 16.9 Å². The molecule has 6 N–H and O–H groups in total. The van der Waals surface area contributed by atoms with Crippen molar-refractivity contribution >= 4 is 32.3 Å². The van der Waals surface area contributed by atoms with Gasteiger partial charge in [0, 0.05) is 0 Å². The summed E-state index contributed by atoms with van der Waals surface area (Å²) in [4.78, 5) is 22.9. The van der Waals surface area contributed by atoms with E-state index in [1.807, 2.05) is 62.4 Å². The van der Waals surface area contributed by atoms with E-state index in [1.165, 1.54) is 36.8 Å². The molecular weight excluding hydrogens is 881 g/mol. The van der Waals surface area contributed by atoms with Crippen LogP contribution in [0.2, 0.25) is 0 Å². The molecule has 4 aromatic rings. The van der Waals surface area contributed by atoms with Gasteiger partial charge in [0.2, 0.25) is 0 Å². The van der Waals surface area contributed by atoms with E-state index in [2.05, 4.69) is 18.5 Å². The maximum atomic E-state index is 12.3. The third-order valence-corrected chi connectivity index (χ3v) is 9.26. The molecule has 0 saturated heterocycles. The first-order valence-electron chi connectivity index (χ1n) is 18.5. The number of rotatable bonds is 16. The van der Waals surface area contributed by atoms with Gasteiger partial charge >= 0.3 is 45.4 Å². The first kappa shape index (κ1) is 54.2. The fourth-order valence-electron chi connectivity index (χ4n) is 4.73. The number of nitrogens with two attached hydrogens (primary N) is 2. The fourth-order valence-corrected chi connectivity index (χ4v) is 5.91. The van der Waals surface area contributed by atoms with E-state index in [0.29, 0.717) is 11.0 Å². The molecule has 0 spiro atoms. The molecule has 4 rings (SSSR count). The van der Waals surface area contributed by atoms with E-state index in [-0.39, 0.29) is 25.2 Å². The summed E-state index contributed by atoms with van der Waals surface area (Å²) >= 11 is 0. The van der Waals surface area contributed by atoms with Crippen molar-refractivity contribution in [3.05, 3.63) is 119 Å². The third kappa shape index (κ3) is 22.8. The summed E-state index contributed by atoms with van der Waals surface area (Å²) in [7, 11) is -5.89. The number of carbonyl (C=O) groups excluding carboxylic acids is 2. The van der Waals surface area contributed by atoms with E-state index in [1.54, 1.807) is 24.3 Å². The number of aryl methyl sites for hydroxylation is 2. The monoisotopic (exact) mass is 926 g/mol. The van der Waals surface area contributed by atoms with Crippen LogP contribution < -0.4 is 21.5 Å². The minimum Gasteiger partial charge on any atom is -0.455 e. The van der Waals surface area contributed by atoms with Crippen molar-refractivity contribution < 1.29 is 86.8 Å². The summed E-state index contributed by atoms with van der Waals surface area (Å²) in [5.41, 5.74) is 17.1. The van der Waals surface area contributed by atoms with Crippen LogP contribution in [-0.2, 0) is 45.5 Å². The molecule has 3 atom stereocenters. The lowest BCUT2D eigenvalue weighted by Crippen LogP contribution is -2.36. The first-order chi connectivity index (χ1) is 29.2. The van der Waals surface area contributed by atoms with Gasteiger partial charge in [-0.3, -0.25) is 18.6 Å². The number of halogens is 9. The van der Waals surface area contributed by atoms with Crippen LogP contribution in [0.5, 0.6) is 5.75 Å². The summed E-state index contributed by atoms with van der Waals surface area (Å²) in [6, 6.07) is 25.0.